The van der Waals surface area contributed by atoms with Crippen LogP contribution in [0.1, 0.15) is 30.0 Å². The van der Waals surface area contributed by atoms with E-state index in [4.69, 9.17) is 18.0 Å². The summed E-state index contributed by atoms with van der Waals surface area (Å²) in [6.07, 6.45) is 5.65. The minimum atomic E-state index is -0.389. The van der Waals surface area contributed by atoms with Crippen LogP contribution in [0.15, 0.2) is 35.4 Å². The first-order valence-corrected chi connectivity index (χ1v) is 6.82. The molecule has 20 heavy (non-hydrogen) atoms. The van der Waals surface area contributed by atoms with Gasteiger partial charge in [-0.05, 0) is 30.5 Å². The summed E-state index contributed by atoms with van der Waals surface area (Å²) in [6, 6.07) is 4.61. The lowest BCUT2D eigenvalue weighted by molar-refractivity contribution is 0.624. The van der Waals surface area contributed by atoms with E-state index in [1.165, 1.54) is 12.1 Å². The molecule has 0 spiro atoms. The Bertz CT molecular complexity index is 730. The van der Waals surface area contributed by atoms with Gasteiger partial charge >= 0.3 is 5.69 Å². The molecule has 0 atom stereocenters. The summed E-state index contributed by atoms with van der Waals surface area (Å²) in [5, 5.41) is 0. The van der Waals surface area contributed by atoms with Crippen LogP contribution in [0.4, 0.5) is 4.39 Å². The average Bonchev–Trinajstić information content (AvgIpc) is 3.18. The summed E-state index contributed by atoms with van der Waals surface area (Å²) in [5.74, 6) is -0.389. The Kier molecular flexibility index (Phi) is 3.17. The van der Waals surface area contributed by atoms with E-state index in [1.807, 2.05) is 0 Å². The zero-order valence-corrected chi connectivity index (χ0v) is 11.6. The third-order valence-corrected chi connectivity index (χ3v) is 3.71. The van der Waals surface area contributed by atoms with Gasteiger partial charge in [0.15, 0.2) is 0 Å². The molecule has 1 heterocycles. The molecule has 1 aromatic carbocycles. The number of nitrogens with two attached hydrogens (primary N) is 1. The Morgan fingerprint density at radius 1 is 1.40 bits per heavy atom. The van der Waals surface area contributed by atoms with Crippen LogP contribution in [0.2, 0.25) is 0 Å². The SMILES string of the molecule is NC(=S)c1cc(F)ccc1Cn1ccn(C2CC2)c1=O. The van der Waals surface area contributed by atoms with Gasteiger partial charge in [-0.3, -0.25) is 9.13 Å². The maximum atomic E-state index is 13.3. The predicted molar refractivity (Wildman–Crippen MR) is 78.4 cm³/mol. The summed E-state index contributed by atoms with van der Waals surface area (Å²) in [5.41, 5.74) is 6.78. The number of rotatable bonds is 4. The van der Waals surface area contributed by atoms with Crippen molar-refractivity contribution in [2.45, 2.75) is 25.4 Å². The van der Waals surface area contributed by atoms with Crippen molar-refractivity contribution in [3.63, 3.8) is 0 Å². The molecule has 3 rings (SSSR count). The van der Waals surface area contributed by atoms with Crippen LogP contribution in [0.5, 0.6) is 0 Å². The van der Waals surface area contributed by atoms with Gasteiger partial charge in [-0.25, -0.2) is 9.18 Å². The van der Waals surface area contributed by atoms with Crippen LogP contribution in [0.25, 0.3) is 0 Å². The Balaban J connectivity index is 1.95. The van der Waals surface area contributed by atoms with Crippen LogP contribution in [0.3, 0.4) is 0 Å². The van der Waals surface area contributed by atoms with Crippen LogP contribution in [-0.4, -0.2) is 14.1 Å². The Morgan fingerprint density at radius 2 is 2.15 bits per heavy atom. The molecule has 4 nitrogen and oxygen atoms in total. The highest BCUT2D eigenvalue weighted by atomic mass is 32.1. The van der Waals surface area contributed by atoms with Crippen molar-refractivity contribution < 1.29 is 4.39 Å². The number of hydrogen-bond donors (Lipinski definition) is 1. The zero-order chi connectivity index (χ0) is 14.3. The molecule has 0 saturated heterocycles. The quantitative estimate of drug-likeness (QED) is 0.874. The fourth-order valence-corrected chi connectivity index (χ4v) is 2.47. The van der Waals surface area contributed by atoms with Crippen molar-refractivity contribution in [3.05, 3.63) is 58.0 Å². The van der Waals surface area contributed by atoms with Gasteiger partial charge < -0.3 is 5.73 Å². The molecule has 0 bridgehead atoms. The predicted octanol–water partition coefficient (Wildman–Crippen LogP) is 1.81. The Hall–Kier alpha value is -1.95. The first kappa shape index (κ1) is 13.1. The van der Waals surface area contributed by atoms with Gasteiger partial charge in [0.25, 0.3) is 0 Å². The topological polar surface area (TPSA) is 52.9 Å². The molecule has 0 aliphatic heterocycles. The minimum Gasteiger partial charge on any atom is -0.389 e. The number of thiocarbonyl (C=S) groups is 1. The highest BCUT2D eigenvalue weighted by Crippen LogP contribution is 2.33. The van der Waals surface area contributed by atoms with Crippen molar-refractivity contribution in [2.24, 2.45) is 5.73 Å². The van der Waals surface area contributed by atoms with E-state index in [9.17, 15) is 9.18 Å². The molecule has 1 saturated carbocycles. The van der Waals surface area contributed by atoms with Gasteiger partial charge in [-0.2, -0.15) is 0 Å². The Labute approximate surface area is 120 Å². The van der Waals surface area contributed by atoms with Gasteiger partial charge in [0.1, 0.15) is 10.8 Å². The van der Waals surface area contributed by atoms with E-state index in [-0.39, 0.29) is 16.5 Å². The van der Waals surface area contributed by atoms with E-state index in [0.29, 0.717) is 18.2 Å². The van der Waals surface area contributed by atoms with Crippen LogP contribution in [-0.2, 0) is 6.54 Å². The van der Waals surface area contributed by atoms with Crippen molar-refractivity contribution in [3.8, 4) is 0 Å². The highest BCUT2D eigenvalue weighted by molar-refractivity contribution is 7.80. The van der Waals surface area contributed by atoms with Crippen molar-refractivity contribution >= 4 is 17.2 Å². The molecule has 0 radical (unpaired) electrons. The van der Waals surface area contributed by atoms with Crippen LogP contribution < -0.4 is 11.4 Å². The van der Waals surface area contributed by atoms with E-state index in [2.05, 4.69) is 0 Å². The fraction of sp³-hybridized carbons (Fsp3) is 0.286. The molecule has 1 aromatic heterocycles. The van der Waals surface area contributed by atoms with E-state index in [1.54, 1.807) is 27.6 Å². The lowest BCUT2D eigenvalue weighted by Gasteiger charge is -2.08. The lowest BCUT2D eigenvalue weighted by Crippen LogP contribution is -2.25. The molecule has 0 unspecified atom stereocenters. The molecule has 0 amide bonds. The number of aromatic nitrogens is 2. The minimum absolute atomic E-state index is 0.0503. The fourth-order valence-electron chi connectivity index (χ4n) is 2.28. The molecule has 104 valence electrons. The van der Waals surface area contributed by atoms with E-state index in [0.717, 1.165) is 18.4 Å². The zero-order valence-electron chi connectivity index (χ0n) is 10.8. The van der Waals surface area contributed by atoms with Gasteiger partial charge in [0.05, 0.1) is 6.54 Å². The molecular formula is C14H14FN3OS. The Morgan fingerprint density at radius 3 is 2.80 bits per heavy atom. The monoisotopic (exact) mass is 291 g/mol. The number of halogens is 1. The largest absolute Gasteiger partial charge is 0.389 e. The second-order valence-corrected chi connectivity index (χ2v) is 5.45. The number of hydrogen-bond acceptors (Lipinski definition) is 2. The lowest BCUT2D eigenvalue weighted by atomic mass is 10.1. The molecule has 2 N–H and O–H groups in total. The highest BCUT2D eigenvalue weighted by Gasteiger charge is 2.25. The van der Waals surface area contributed by atoms with Crippen molar-refractivity contribution in [1.29, 1.82) is 0 Å². The summed E-state index contributed by atoms with van der Waals surface area (Å²) >= 11 is 4.93. The third-order valence-electron chi connectivity index (χ3n) is 3.49. The summed E-state index contributed by atoms with van der Waals surface area (Å²) in [4.78, 5) is 12.3. The molecule has 1 fully saturated rings. The molecule has 6 heteroatoms. The van der Waals surface area contributed by atoms with E-state index < -0.39 is 0 Å². The summed E-state index contributed by atoms with van der Waals surface area (Å²) in [7, 11) is 0. The number of imidazole rings is 1. The van der Waals surface area contributed by atoms with Crippen LogP contribution in [0, 0.1) is 5.82 Å². The second kappa shape index (κ2) is 4.86. The maximum Gasteiger partial charge on any atom is 0.328 e. The first-order chi connectivity index (χ1) is 9.56. The summed E-state index contributed by atoms with van der Waals surface area (Å²) < 4.78 is 16.6. The first-order valence-electron chi connectivity index (χ1n) is 6.42. The normalized spacial score (nSPS) is 14.4. The number of nitrogens with zero attached hydrogens (tertiary/aromatic N) is 2. The maximum absolute atomic E-state index is 13.3. The second-order valence-electron chi connectivity index (χ2n) is 5.01. The van der Waals surface area contributed by atoms with E-state index >= 15 is 0 Å². The standard InChI is InChI=1S/C14H14FN3OS/c15-10-2-1-9(12(7-10)13(16)20)8-17-5-6-18(14(17)19)11-3-4-11/h1-2,5-7,11H,3-4,8H2,(H2,16,20). The third kappa shape index (κ3) is 2.38. The smallest absolute Gasteiger partial charge is 0.328 e. The molecule has 1 aliphatic carbocycles. The van der Waals surface area contributed by atoms with Crippen LogP contribution >= 0.6 is 12.2 Å². The average molecular weight is 291 g/mol. The van der Waals surface area contributed by atoms with Gasteiger partial charge in [-0.15, -0.1) is 0 Å². The van der Waals surface area contributed by atoms with Gasteiger partial charge in [0, 0.05) is 24.0 Å². The van der Waals surface area contributed by atoms with Gasteiger partial charge in [-0.1, -0.05) is 18.3 Å². The van der Waals surface area contributed by atoms with Gasteiger partial charge in [0.2, 0.25) is 0 Å². The van der Waals surface area contributed by atoms with Crippen molar-refractivity contribution in [1.82, 2.24) is 9.13 Å². The molecule has 1 aliphatic rings. The summed E-state index contributed by atoms with van der Waals surface area (Å²) in [6.45, 7) is 0.339. The number of benzene rings is 1. The van der Waals surface area contributed by atoms with Crippen molar-refractivity contribution in [2.75, 3.05) is 0 Å². The molecular weight excluding hydrogens is 277 g/mol. The molecule has 2 aromatic rings.